The lowest BCUT2D eigenvalue weighted by molar-refractivity contribution is -0.124. The Hall–Kier alpha value is -0.650. The summed E-state index contributed by atoms with van der Waals surface area (Å²) in [5.41, 5.74) is 0.596. The molecule has 0 aromatic rings. The van der Waals surface area contributed by atoms with Crippen molar-refractivity contribution in [3.05, 3.63) is 0 Å². The number of hydrogen-bond acceptors (Lipinski definition) is 4. The molecule has 1 unspecified atom stereocenters. The van der Waals surface area contributed by atoms with Gasteiger partial charge in [0.15, 0.2) is 0 Å². The van der Waals surface area contributed by atoms with Crippen molar-refractivity contribution in [2.75, 3.05) is 52.9 Å². The molecule has 1 amide bonds. The normalized spacial score (nSPS) is 32.8. The maximum atomic E-state index is 12.8. The lowest BCUT2D eigenvalue weighted by atomic mass is 9.91. The first-order chi connectivity index (χ1) is 11.6. The van der Waals surface area contributed by atoms with Gasteiger partial charge in [0.05, 0.1) is 0 Å². The Kier molecular flexibility index (Phi) is 4.61. The molecule has 2 aliphatic carbocycles. The van der Waals surface area contributed by atoms with Crippen LogP contribution < -0.4 is 10.6 Å². The number of rotatable bonds is 4. The standard InChI is InChI=1S/C19H34N4O/c1-22-10-12-23(13-11-22)19(4-2-3-5-19)15-21-17(24)16-14-18(16)6-8-20-9-7-18/h16,20H,2-15H2,1H3,(H,21,24). The van der Waals surface area contributed by atoms with E-state index in [0.717, 1.165) is 52.2 Å². The van der Waals surface area contributed by atoms with E-state index in [1.807, 2.05) is 0 Å². The molecule has 0 radical (unpaired) electrons. The predicted molar refractivity (Wildman–Crippen MR) is 95.9 cm³/mol. The second-order valence-electron chi connectivity index (χ2n) is 8.81. The van der Waals surface area contributed by atoms with Crippen molar-refractivity contribution >= 4 is 5.91 Å². The van der Waals surface area contributed by atoms with E-state index in [-0.39, 0.29) is 5.54 Å². The molecule has 1 atom stereocenters. The Morgan fingerprint density at radius 1 is 1.08 bits per heavy atom. The fourth-order valence-corrected chi connectivity index (χ4v) is 5.49. The highest BCUT2D eigenvalue weighted by Gasteiger charge is 2.57. The maximum Gasteiger partial charge on any atom is 0.223 e. The third-order valence-electron chi connectivity index (χ3n) is 7.41. The summed E-state index contributed by atoms with van der Waals surface area (Å²) in [6, 6.07) is 0. The summed E-state index contributed by atoms with van der Waals surface area (Å²) in [4.78, 5) is 17.9. The molecule has 4 rings (SSSR count). The molecule has 24 heavy (non-hydrogen) atoms. The van der Waals surface area contributed by atoms with Crippen LogP contribution in [0.1, 0.15) is 44.9 Å². The largest absolute Gasteiger partial charge is 0.354 e. The van der Waals surface area contributed by atoms with Crippen molar-refractivity contribution in [3.8, 4) is 0 Å². The summed E-state index contributed by atoms with van der Waals surface area (Å²) >= 11 is 0. The molecule has 0 bridgehead atoms. The van der Waals surface area contributed by atoms with E-state index in [2.05, 4.69) is 27.5 Å². The molecule has 2 saturated carbocycles. The Morgan fingerprint density at radius 2 is 1.75 bits per heavy atom. The van der Waals surface area contributed by atoms with Gasteiger partial charge in [0, 0.05) is 44.2 Å². The van der Waals surface area contributed by atoms with Crippen LogP contribution in [0.2, 0.25) is 0 Å². The van der Waals surface area contributed by atoms with Crippen molar-refractivity contribution in [2.45, 2.75) is 50.5 Å². The van der Waals surface area contributed by atoms with Gasteiger partial charge in [-0.25, -0.2) is 0 Å². The van der Waals surface area contributed by atoms with Crippen LogP contribution in [0.15, 0.2) is 0 Å². The number of amides is 1. The maximum absolute atomic E-state index is 12.8. The third-order valence-corrected chi connectivity index (χ3v) is 7.41. The molecule has 2 N–H and O–H groups in total. The zero-order valence-electron chi connectivity index (χ0n) is 15.3. The lowest BCUT2D eigenvalue weighted by Crippen LogP contribution is -2.59. The van der Waals surface area contributed by atoms with Crippen molar-refractivity contribution in [1.82, 2.24) is 20.4 Å². The average molecular weight is 335 g/mol. The van der Waals surface area contributed by atoms with E-state index >= 15 is 0 Å². The third kappa shape index (κ3) is 3.11. The van der Waals surface area contributed by atoms with Crippen molar-refractivity contribution in [2.24, 2.45) is 11.3 Å². The van der Waals surface area contributed by atoms with E-state index in [9.17, 15) is 4.79 Å². The summed E-state index contributed by atoms with van der Waals surface area (Å²) in [5.74, 6) is 0.642. The van der Waals surface area contributed by atoms with Gasteiger partial charge in [-0.15, -0.1) is 0 Å². The monoisotopic (exact) mass is 334 g/mol. The molecule has 5 nitrogen and oxygen atoms in total. The molecule has 0 aromatic carbocycles. The first kappa shape index (κ1) is 16.8. The molecule has 2 saturated heterocycles. The van der Waals surface area contributed by atoms with Gasteiger partial charge < -0.3 is 15.5 Å². The number of carbonyl (C=O) groups excluding carboxylic acids is 1. The first-order valence-corrected chi connectivity index (χ1v) is 10.1. The Bertz CT molecular complexity index is 460. The molecule has 4 aliphatic rings. The quantitative estimate of drug-likeness (QED) is 0.807. The van der Waals surface area contributed by atoms with Crippen molar-refractivity contribution in [1.29, 1.82) is 0 Å². The van der Waals surface area contributed by atoms with Gasteiger partial charge in [0.2, 0.25) is 5.91 Å². The summed E-state index contributed by atoms with van der Waals surface area (Å²) in [6.07, 6.45) is 8.67. The van der Waals surface area contributed by atoms with Crippen LogP contribution in [0.25, 0.3) is 0 Å². The number of carbonyl (C=O) groups is 1. The van der Waals surface area contributed by atoms with E-state index < -0.39 is 0 Å². The van der Waals surface area contributed by atoms with Gasteiger partial charge in [0.25, 0.3) is 0 Å². The molecule has 136 valence electrons. The minimum Gasteiger partial charge on any atom is -0.354 e. The Balaban J connectivity index is 1.33. The second-order valence-corrected chi connectivity index (χ2v) is 8.81. The number of nitrogens with one attached hydrogen (secondary N) is 2. The highest BCUT2D eigenvalue weighted by Crippen LogP contribution is 2.58. The van der Waals surface area contributed by atoms with Gasteiger partial charge in [-0.3, -0.25) is 9.69 Å². The van der Waals surface area contributed by atoms with Gasteiger partial charge >= 0.3 is 0 Å². The number of nitrogens with zero attached hydrogens (tertiary/aromatic N) is 2. The highest BCUT2D eigenvalue weighted by molar-refractivity contribution is 5.82. The van der Waals surface area contributed by atoms with Gasteiger partial charge in [-0.2, -0.15) is 0 Å². The van der Waals surface area contributed by atoms with Gasteiger partial charge in [0.1, 0.15) is 0 Å². The van der Waals surface area contributed by atoms with Crippen LogP contribution in [-0.2, 0) is 4.79 Å². The molecule has 2 heterocycles. The number of piperidine rings is 1. The Morgan fingerprint density at radius 3 is 2.42 bits per heavy atom. The summed E-state index contributed by atoms with van der Waals surface area (Å²) in [7, 11) is 2.21. The van der Waals surface area contributed by atoms with Crippen molar-refractivity contribution < 1.29 is 4.79 Å². The topological polar surface area (TPSA) is 47.6 Å². The summed E-state index contributed by atoms with van der Waals surface area (Å²) in [5, 5.41) is 6.82. The zero-order chi connectivity index (χ0) is 16.6. The van der Waals surface area contributed by atoms with Crippen LogP contribution >= 0.6 is 0 Å². The fourth-order valence-electron chi connectivity index (χ4n) is 5.49. The van der Waals surface area contributed by atoms with Crippen LogP contribution in [0.4, 0.5) is 0 Å². The molecule has 0 aromatic heterocycles. The van der Waals surface area contributed by atoms with Gasteiger partial charge in [-0.1, -0.05) is 12.8 Å². The fraction of sp³-hybridized carbons (Fsp3) is 0.947. The molecule has 2 aliphatic heterocycles. The van der Waals surface area contributed by atoms with Crippen LogP contribution in [0.3, 0.4) is 0 Å². The molecular weight excluding hydrogens is 300 g/mol. The number of piperazine rings is 1. The van der Waals surface area contributed by atoms with Crippen molar-refractivity contribution in [3.63, 3.8) is 0 Å². The molecular formula is C19H34N4O. The van der Waals surface area contributed by atoms with E-state index in [1.54, 1.807) is 0 Å². The smallest absolute Gasteiger partial charge is 0.223 e. The molecule has 1 spiro atoms. The van der Waals surface area contributed by atoms with E-state index in [4.69, 9.17) is 0 Å². The average Bonchev–Trinajstić information content (AvgIpc) is 3.07. The number of hydrogen-bond donors (Lipinski definition) is 2. The van der Waals surface area contributed by atoms with Crippen LogP contribution in [-0.4, -0.2) is 74.1 Å². The molecule has 4 fully saturated rings. The van der Waals surface area contributed by atoms with E-state index in [1.165, 1.54) is 38.5 Å². The highest BCUT2D eigenvalue weighted by atomic mass is 16.2. The summed E-state index contributed by atoms with van der Waals surface area (Å²) < 4.78 is 0. The molecule has 5 heteroatoms. The predicted octanol–water partition coefficient (Wildman–Crippen LogP) is 1.05. The Labute approximate surface area is 146 Å². The lowest BCUT2D eigenvalue weighted by Gasteiger charge is -2.45. The minimum absolute atomic E-state index is 0.243. The van der Waals surface area contributed by atoms with Crippen LogP contribution in [0.5, 0.6) is 0 Å². The van der Waals surface area contributed by atoms with Gasteiger partial charge in [-0.05, 0) is 57.7 Å². The first-order valence-electron chi connectivity index (χ1n) is 10.1. The zero-order valence-corrected chi connectivity index (χ0v) is 15.3. The summed E-state index contributed by atoms with van der Waals surface area (Å²) in [6.45, 7) is 7.70. The second kappa shape index (κ2) is 6.58. The van der Waals surface area contributed by atoms with E-state index in [0.29, 0.717) is 17.2 Å². The van der Waals surface area contributed by atoms with Crippen LogP contribution in [0, 0.1) is 11.3 Å². The SMILES string of the molecule is CN1CCN(C2(CNC(=O)C3CC34CCNCC4)CCCC2)CC1. The number of likely N-dealkylation sites (N-methyl/N-ethyl adjacent to an activating group) is 1. The minimum atomic E-state index is 0.243.